The van der Waals surface area contributed by atoms with E-state index in [4.69, 9.17) is 0 Å². The molecule has 26 heavy (non-hydrogen) atoms. The number of anilines is 1. The van der Waals surface area contributed by atoms with E-state index >= 15 is 0 Å². The summed E-state index contributed by atoms with van der Waals surface area (Å²) in [4.78, 5) is 39.9. The maximum Gasteiger partial charge on any atom is 0.326 e. The SMILES string of the molecule is O=C(O)C1CCCN1C(=O)C1CC(=O)N(c2cccc3ccccc23)C1. The molecule has 0 aliphatic carbocycles. The summed E-state index contributed by atoms with van der Waals surface area (Å²) in [5.74, 6) is -1.76. The zero-order chi connectivity index (χ0) is 18.3. The van der Waals surface area contributed by atoms with Gasteiger partial charge >= 0.3 is 5.97 Å². The first-order valence-corrected chi connectivity index (χ1v) is 8.87. The number of nitrogens with zero attached hydrogens (tertiary/aromatic N) is 2. The number of carboxylic acids is 1. The minimum absolute atomic E-state index is 0.0919. The van der Waals surface area contributed by atoms with Crippen molar-refractivity contribution in [2.45, 2.75) is 25.3 Å². The normalized spacial score (nSPS) is 23.0. The second-order valence-electron chi connectivity index (χ2n) is 6.93. The molecule has 2 fully saturated rings. The van der Waals surface area contributed by atoms with Gasteiger partial charge in [0.2, 0.25) is 11.8 Å². The number of hydrogen-bond acceptors (Lipinski definition) is 3. The molecule has 2 aliphatic heterocycles. The number of benzene rings is 2. The van der Waals surface area contributed by atoms with Crippen molar-refractivity contribution in [2.75, 3.05) is 18.0 Å². The summed E-state index contributed by atoms with van der Waals surface area (Å²) in [7, 11) is 0. The third kappa shape index (κ3) is 2.71. The highest BCUT2D eigenvalue weighted by Crippen LogP contribution is 2.33. The molecule has 2 unspecified atom stereocenters. The highest BCUT2D eigenvalue weighted by molar-refractivity contribution is 6.07. The predicted molar refractivity (Wildman–Crippen MR) is 96.8 cm³/mol. The fraction of sp³-hybridized carbons (Fsp3) is 0.350. The second kappa shape index (κ2) is 6.44. The number of fused-ring (bicyclic) bond motifs is 1. The monoisotopic (exact) mass is 352 g/mol. The molecule has 0 radical (unpaired) electrons. The molecule has 2 saturated heterocycles. The first-order valence-electron chi connectivity index (χ1n) is 8.87. The van der Waals surface area contributed by atoms with Crippen LogP contribution in [-0.2, 0) is 14.4 Å². The summed E-state index contributed by atoms with van der Waals surface area (Å²) in [6, 6.07) is 12.9. The largest absolute Gasteiger partial charge is 0.480 e. The number of carbonyl (C=O) groups is 3. The third-order valence-electron chi connectivity index (χ3n) is 5.35. The summed E-state index contributed by atoms with van der Waals surface area (Å²) in [6.45, 7) is 0.753. The molecule has 0 saturated carbocycles. The van der Waals surface area contributed by atoms with Gasteiger partial charge in [-0.1, -0.05) is 36.4 Å². The van der Waals surface area contributed by atoms with E-state index in [-0.39, 0.29) is 18.2 Å². The van der Waals surface area contributed by atoms with Gasteiger partial charge in [0.15, 0.2) is 0 Å². The molecule has 2 heterocycles. The van der Waals surface area contributed by atoms with Gasteiger partial charge in [0.1, 0.15) is 6.04 Å². The topological polar surface area (TPSA) is 77.9 Å². The van der Waals surface area contributed by atoms with Crippen LogP contribution >= 0.6 is 0 Å². The second-order valence-corrected chi connectivity index (χ2v) is 6.93. The van der Waals surface area contributed by atoms with Crippen LogP contribution in [-0.4, -0.2) is 46.9 Å². The van der Waals surface area contributed by atoms with E-state index in [9.17, 15) is 19.5 Å². The van der Waals surface area contributed by atoms with E-state index in [1.165, 1.54) is 4.90 Å². The minimum Gasteiger partial charge on any atom is -0.480 e. The number of carboxylic acid groups (broad SMARTS) is 1. The molecular formula is C20H20N2O4. The van der Waals surface area contributed by atoms with E-state index in [0.717, 1.165) is 16.5 Å². The molecule has 0 spiro atoms. The number of amides is 2. The van der Waals surface area contributed by atoms with Gasteiger partial charge < -0.3 is 14.9 Å². The summed E-state index contributed by atoms with van der Waals surface area (Å²) in [5.41, 5.74) is 0.805. The van der Waals surface area contributed by atoms with Gasteiger partial charge in [-0.15, -0.1) is 0 Å². The lowest BCUT2D eigenvalue weighted by atomic mass is 10.1. The van der Waals surface area contributed by atoms with E-state index in [1.807, 2.05) is 42.5 Å². The van der Waals surface area contributed by atoms with E-state index in [2.05, 4.69) is 0 Å². The molecule has 2 aromatic rings. The fourth-order valence-electron chi connectivity index (χ4n) is 4.07. The van der Waals surface area contributed by atoms with Crippen molar-refractivity contribution in [1.29, 1.82) is 0 Å². The Morgan fingerprint density at radius 2 is 1.85 bits per heavy atom. The summed E-state index contributed by atoms with van der Waals surface area (Å²) < 4.78 is 0. The summed E-state index contributed by atoms with van der Waals surface area (Å²) in [6.07, 6.45) is 1.30. The van der Waals surface area contributed by atoms with Crippen LogP contribution in [0.25, 0.3) is 10.8 Å². The first kappa shape index (κ1) is 16.6. The number of carbonyl (C=O) groups excluding carboxylic acids is 2. The molecule has 2 aliphatic rings. The Balaban J connectivity index is 1.59. The highest BCUT2D eigenvalue weighted by Gasteiger charge is 2.42. The molecule has 1 N–H and O–H groups in total. The van der Waals surface area contributed by atoms with Crippen molar-refractivity contribution in [2.24, 2.45) is 5.92 Å². The Labute approximate surface area is 151 Å². The van der Waals surface area contributed by atoms with Crippen LogP contribution in [0.2, 0.25) is 0 Å². The molecular weight excluding hydrogens is 332 g/mol. The average Bonchev–Trinajstić information content (AvgIpc) is 3.27. The Morgan fingerprint density at radius 3 is 2.65 bits per heavy atom. The van der Waals surface area contributed by atoms with Crippen LogP contribution in [0, 0.1) is 5.92 Å². The van der Waals surface area contributed by atoms with E-state index < -0.39 is 17.9 Å². The van der Waals surface area contributed by atoms with Gasteiger partial charge in [0.25, 0.3) is 0 Å². The molecule has 0 aromatic heterocycles. The maximum atomic E-state index is 12.8. The molecule has 6 heteroatoms. The first-order chi connectivity index (χ1) is 12.6. The Bertz CT molecular complexity index is 889. The van der Waals surface area contributed by atoms with Crippen LogP contribution in [0.4, 0.5) is 5.69 Å². The molecule has 2 atom stereocenters. The Kier molecular flexibility index (Phi) is 4.11. The molecule has 4 rings (SSSR count). The lowest BCUT2D eigenvalue weighted by Crippen LogP contribution is -2.44. The highest BCUT2D eigenvalue weighted by atomic mass is 16.4. The van der Waals surface area contributed by atoms with Crippen LogP contribution in [0.3, 0.4) is 0 Å². The molecule has 6 nitrogen and oxygen atoms in total. The van der Waals surface area contributed by atoms with Gasteiger partial charge in [-0.3, -0.25) is 9.59 Å². The van der Waals surface area contributed by atoms with E-state index in [0.29, 0.717) is 25.9 Å². The molecule has 0 bridgehead atoms. The Morgan fingerprint density at radius 1 is 1.08 bits per heavy atom. The maximum absolute atomic E-state index is 12.8. The quantitative estimate of drug-likeness (QED) is 0.919. The standard InChI is InChI=1S/C20H20N2O4/c23-18-11-14(19(24)21-10-4-9-17(21)20(25)26)12-22(18)16-8-3-6-13-5-1-2-7-15(13)16/h1-3,5-8,14,17H,4,9-12H2,(H,25,26). The zero-order valence-electron chi connectivity index (χ0n) is 14.3. The number of hydrogen-bond donors (Lipinski definition) is 1. The minimum atomic E-state index is -0.967. The molecule has 2 aromatic carbocycles. The van der Waals surface area contributed by atoms with Crippen LogP contribution in [0.5, 0.6) is 0 Å². The van der Waals surface area contributed by atoms with Gasteiger partial charge in [0, 0.05) is 24.9 Å². The summed E-state index contributed by atoms with van der Waals surface area (Å²) in [5, 5.41) is 11.3. The average molecular weight is 352 g/mol. The van der Waals surface area contributed by atoms with Crippen molar-refractivity contribution in [3.8, 4) is 0 Å². The van der Waals surface area contributed by atoms with Crippen molar-refractivity contribution in [1.82, 2.24) is 4.90 Å². The molecule has 2 amide bonds. The number of aliphatic carboxylic acids is 1. The fourth-order valence-corrected chi connectivity index (χ4v) is 4.07. The predicted octanol–water partition coefficient (Wildman–Crippen LogP) is 2.27. The van der Waals surface area contributed by atoms with Gasteiger partial charge in [-0.25, -0.2) is 4.79 Å². The number of rotatable bonds is 3. The van der Waals surface area contributed by atoms with Crippen molar-refractivity contribution in [3.63, 3.8) is 0 Å². The van der Waals surface area contributed by atoms with Gasteiger partial charge in [0.05, 0.1) is 11.6 Å². The van der Waals surface area contributed by atoms with Gasteiger partial charge in [-0.2, -0.15) is 0 Å². The van der Waals surface area contributed by atoms with Gasteiger partial charge in [-0.05, 0) is 24.3 Å². The van der Waals surface area contributed by atoms with Crippen LogP contribution in [0.15, 0.2) is 42.5 Å². The molecule has 134 valence electrons. The lowest BCUT2D eigenvalue weighted by Gasteiger charge is -2.25. The third-order valence-corrected chi connectivity index (χ3v) is 5.35. The van der Waals surface area contributed by atoms with Crippen LogP contribution in [0.1, 0.15) is 19.3 Å². The summed E-state index contributed by atoms with van der Waals surface area (Å²) >= 11 is 0. The Hall–Kier alpha value is -2.89. The van der Waals surface area contributed by atoms with Crippen molar-refractivity contribution >= 4 is 34.2 Å². The zero-order valence-corrected chi connectivity index (χ0v) is 14.3. The van der Waals surface area contributed by atoms with E-state index in [1.54, 1.807) is 4.90 Å². The smallest absolute Gasteiger partial charge is 0.326 e. The van der Waals surface area contributed by atoms with Crippen molar-refractivity contribution in [3.05, 3.63) is 42.5 Å². The van der Waals surface area contributed by atoms with Crippen molar-refractivity contribution < 1.29 is 19.5 Å². The van der Waals surface area contributed by atoms with Crippen LogP contribution < -0.4 is 4.90 Å². The lowest BCUT2D eigenvalue weighted by molar-refractivity contribution is -0.149. The number of likely N-dealkylation sites (tertiary alicyclic amines) is 1.